The van der Waals surface area contributed by atoms with Crippen molar-refractivity contribution in [1.82, 2.24) is 20.2 Å². The van der Waals surface area contributed by atoms with Crippen molar-refractivity contribution in [1.29, 1.82) is 0 Å². The van der Waals surface area contributed by atoms with Crippen LogP contribution in [0.2, 0.25) is 0 Å². The second-order valence-corrected chi connectivity index (χ2v) is 8.06. The molecular formula is C16H14N6OS2. The number of aromatic nitrogens is 4. The summed E-state index contributed by atoms with van der Waals surface area (Å²) in [5.74, 6) is 1.29. The first-order valence-corrected chi connectivity index (χ1v) is 9.63. The van der Waals surface area contributed by atoms with Crippen molar-refractivity contribution in [3.05, 3.63) is 41.0 Å². The lowest BCUT2D eigenvalue weighted by Crippen LogP contribution is -2.05. The summed E-state index contributed by atoms with van der Waals surface area (Å²) in [7, 11) is -0.973. The lowest BCUT2D eigenvalue weighted by Gasteiger charge is -2.12. The molecule has 1 aliphatic rings. The Kier molecular flexibility index (Phi) is 4.02. The first-order chi connectivity index (χ1) is 12.1. The van der Waals surface area contributed by atoms with Crippen molar-refractivity contribution in [2.75, 3.05) is 16.8 Å². The Morgan fingerprint density at radius 3 is 2.96 bits per heavy atom. The SMILES string of the molecule is Cc1nnc(-c2cnc(Nc3ccc4c(c3)C=CCS4=O)nc2N)s1. The second-order valence-electron chi connectivity index (χ2n) is 5.41. The van der Waals surface area contributed by atoms with Crippen LogP contribution < -0.4 is 11.1 Å². The Bertz CT molecular complexity index is 1010. The van der Waals surface area contributed by atoms with Gasteiger partial charge in [0, 0.05) is 22.5 Å². The van der Waals surface area contributed by atoms with Crippen LogP contribution in [0.25, 0.3) is 16.6 Å². The fourth-order valence-corrected chi connectivity index (χ4v) is 4.24. The average molecular weight is 370 g/mol. The number of hydrogen-bond donors (Lipinski definition) is 2. The van der Waals surface area contributed by atoms with E-state index in [-0.39, 0.29) is 0 Å². The molecule has 0 spiro atoms. The fourth-order valence-electron chi connectivity index (χ4n) is 2.47. The predicted octanol–water partition coefficient (Wildman–Crippen LogP) is 2.76. The van der Waals surface area contributed by atoms with Gasteiger partial charge in [0.2, 0.25) is 5.95 Å². The number of anilines is 3. The summed E-state index contributed by atoms with van der Waals surface area (Å²) >= 11 is 1.44. The maximum atomic E-state index is 12.0. The minimum absolute atomic E-state index is 0.340. The molecule has 9 heteroatoms. The fraction of sp³-hybridized carbons (Fsp3) is 0.125. The summed E-state index contributed by atoms with van der Waals surface area (Å²) < 4.78 is 12.0. The van der Waals surface area contributed by atoms with Gasteiger partial charge in [-0.3, -0.25) is 4.21 Å². The van der Waals surface area contributed by atoms with Crippen LogP contribution in [-0.2, 0) is 10.8 Å². The average Bonchev–Trinajstić information content (AvgIpc) is 3.01. The van der Waals surface area contributed by atoms with Gasteiger partial charge in [-0.05, 0) is 30.7 Å². The van der Waals surface area contributed by atoms with E-state index in [1.165, 1.54) is 11.3 Å². The van der Waals surface area contributed by atoms with Crippen LogP contribution in [0.3, 0.4) is 0 Å². The molecule has 0 radical (unpaired) electrons. The van der Waals surface area contributed by atoms with Gasteiger partial charge in [0.25, 0.3) is 0 Å². The number of benzene rings is 1. The first-order valence-electron chi connectivity index (χ1n) is 7.49. The van der Waals surface area contributed by atoms with E-state index in [2.05, 4.69) is 25.5 Å². The number of nitrogen functional groups attached to an aromatic ring is 1. The van der Waals surface area contributed by atoms with Gasteiger partial charge in [0.15, 0.2) is 5.01 Å². The molecule has 3 aromatic rings. The number of nitrogens with two attached hydrogens (primary N) is 1. The van der Waals surface area contributed by atoms with Crippen LogP contribution in [0, 0.1) is 6.92 Å². The normalized spacial score (nSPS) is 15.8. The summed E-state index contributed by atoms with van der Waals surface area (Å²) in [6, 6.07) is 5.64. The highest BCUT2D eigenvalue weighted by Crippen LogP contribution is 2.29. The molecule has 126 valence electrons. The van der Waals surface area contributed by atoms with Crippen molar-refractivity contribution in [3.63, 3.8) is 0 Å². The topological polar surface area (TPSA) is 107 Å². The van der Waals surface area contributed by atoms with Crippen LogP contribution >= 0.6 is 11.3 Å². The van der Waals surface area contributed by atoms with E-state index >= 15 is 0 Å². The van der Waals surface area contributed by atoms with Gasteiger partial charge in [-0.2, -0.15) is 4.98 Å². The summed E-state index contributed by atoms with van der Waals surface area (Å²) in [5, 5.41) is 12.7. The van der Waals surface area contributed by atoms with E-state index in [1.54, 1.807) is 6.20 Å². The molecule has 3 N–H and O–H groups in total. The van der Waals surface area contributed by atoms with E-state index in [0.717, 1.165) is 21.2 Å². The third-order valence-corrected chi connectivity index (χ3v) is 5.86. The molecule has 1 aromatic carbocycles. The van der Waals surface area contributed by atoms with E-state index < -0.39 is 10.8 Å². The monoisotopic (exact) mass is 370 g/mol. The molecule has 0 aliphatic carbocycles. The van der Waals surface area contributed by atoms with Gasteiger partial charge in [0.05, 0.1) is 16.4 Å². The van der Waals surface area contributed by atoms with Crippen molar-refractivity contribution in [3.8, 4) is 10.6 Å². The van der Waals surface area contributed by atoms with Crippen LogP contribution in [0.15, 0.2) is 35.4 Å². The van der Waals surface area contributed by atoms with Crippen LogP contribution in [0.5, 0.6) is 0 Å². The van der Waals surface area contributed by atoms with Gasteiger partial charge in [-0.15, -0.1) is 10.2 Å². The number of rotatable bonds is 3. The summed E-state index contributed by atoms with van der Waals surface area (Å²) in [6.45, 7) is 1.88. The Hall–Kier alpha value is -2.65. The Balaban J connectivity index is 1.61. The largest absolute Gasteiger partial charge is 0.383 e. The zero-order valence-corrected chi connectivity index (χ0v) is 14.9. The zero-order valence-electron chi connectivity index (χ0n) is 13.3. The quantitative estimate of drug-likeness (QED) is 0.730. The maximum Gasteiger partial charge on any atom is 0.229 e. The smallest absolute Gasteiger partial charge is 0.229 e. The molecule has 2 aromatic heterocycles. The van der Waals surface area contributed by atoms with Gasteiger partial charge in [-0.1, -0.05) is 23.5 Å². The molecule has 0 amide bonds. The Morgan fingerprint density at radius 1 is 1.32 bits per heavy atom. The van der Waals surface area contributed by atoms with E-state index in [1.807, 2.05) is 37.3 Å². The summed E-state index contributed by atoms with van der Waals surface area (Å²) in [6.07, 6.45) is 5.52. The van der Waals surface area contributed by atoms with Crippen molar-refractivity contribution < 1.29 is 4.21 Å². The Labute approximate surface area is 150 Å². The van der Waals surface area contributed by atoms with Gasteiger partial charge >= 0.3 is 0 Å². The molecule has 0 saturated carbocycles. The highest BCUT2D eigenvalue weighted by atomic mass is 32.2. The maximum absolute atomic E-state index is 12.0. The molecule has 0 bridgehead atoms. The van der Waals surface area contributed by atoms with Crippen LogP contribution in [0.1, 0.15) is 10.6 Å². The van der Waals surface area contributed by atoms with Crippen LogP contribution in [0.4, 0.5) is 17.5 Å². The molecule has 1 unspecified atom stereocenters. The van der Waals surface area contributed by atoms with Crippen molar-refractivity contribution in [2.24, 2.45) is 0 Å². The highest BCUT2D eigenvalue weighted by molar-refractivity contribution is 7.85. The van der Waals surface area contributed by atoms with Gasteiger partial charge in [-0.25, -0.2) is 4.98 Å². The van der Waals surface area contributed by atoms with Crippen molar-refractivity contribution in [2.45, 2.75) is 11.8 Å². The number of aryl methyl sites for hydroxylation is 1. The lowest BCUT2D eigenvalue weighted by atomic mass is 10.2. The lowest BCUT2D eigenvalue weighted by molar-refractivity contribution is 0.684. The standard InChI is InChI=1S/C16H14N6OS2/c1-9-21-22-15(24-9)12-8-18-16(20-14(12)17)19-11-4-5-13-10(7-11)3-2-6-25(13)23/h2-5,7-8H,6H2,1H3,(H3,17,18,19,20). The molecule has 1 aliphatic heterocycles. The summed E-state index contributed by atoms with van der Waals surface area (Å²) in [4.78, 5) is 9.45. The number of nitrogens with zero attached hydrogens (tertiary/aromatic N) is 4. The molecule has 3 heterocycles. The van der Waals surface area contributed by atoms with E-state index in [4.69, 9.17) is 5.73 Å². The first kappa shape index (κ1) is 15.9. The van der Waals surface area contributed by atoms with E-state index in [0.29, 0.717) is 28.1 Å². The molecular weight excluding hydrogens is 356 g/mol. The highest BCUT2D eigenvalue weighted by Gasteiger charge is 2.14. The number of hydrogen-bond acceptors (Lipinski definition) is 8. The molecule has 25 heavy (non-hydrogen) atoms. The molecule has 0 saturated heterocycles. The third kappa shape index (κ3) is 3.15. The second kappa shape index (κ2) is 6.34. The van der Waals surface area contributed by atoms with Crippen LogP contribution in [-0.4, -0.2) is 30.1 Å². The predicted molar refractivity (Wildman–Crippen MR) is 100 cm³/mol. The Morgan fingerprint density at radius 2 is 2.20 bits per heavy atom. The minimum atomic E-state index is -0.973. The number of nitrogens with one attached hydrogen (secondary N) is 1. The van der Waals surface area contributed by atoms with Crippen molar-refractivity contribution >= 4 is 45.7 Å². The minimum Gasteiger partial charge on any atom is -0.383 e. The van der Waals surface area contributed by atoms with E-state index in [9.17, 15) is 4.21 Å². The number of fused-ring (bicyclic) bond motifs is 1. The molecule has 1 atom stereocenters. The van der Waals surface area contributed by atoms with Gasteiger partial charge < -0.3 is 11.1 Å². The summed E-state index contributed by atoms with van der Waals surface area (Å²) in [5.41, 5.74) is 8.45. The molecule has 0 fully saturated rings. The molecule has 7 nitrogen and oxygen atoms in total. The molecule has 4 rings (SSSR count). The third-order valence-electron chi connectivity index (χ3n) is 3.63. The zero-order chi connectivity index (χ0) is 17.4. The van der Waals surface area contributed by atoms with Gasteiger partial charge in [0.1, 0.15) is 10.8 Å².